The molecule has 7 nitrogen and oxygen atoms in total. The van der Waals surface area contributed by atoms with Crippen LogP contribution in [0.15, 0.2) is 23.2 Å². The molecule has 1 heterocycles. The maximum Gasteiger partial charge on any atom is 0.231 e. The van der Waals surface area contributed by atoms with E-state index in [1.807, 2.05) is 18.2 Å². The first-order chi connectivity index (χ1) is 9.33. The first kappa shape index (κ1) is 13.4. The molecule has 2 rings (SSSR count). The molecule has 1 aliphatic heterocycles. The molecule has 104 valence electrons. The van der Waals surface area contributed by atoms with E-state index in [2.05, 4.69) is 15.7 Å². The number of hydrazine groups is 1. The average molecular weight is 266 g/mol. The fourth-order valence-corrected chi connectivity index (χ4v) is 1.63. The Balaban J connectivity index is 1.92. The molecule has 4 N–H and O–H groups in total. The van der Waals surface area contributed by atoms with Crippen molar-refractivity contribution in [2.45, 2.75) is 6.54 Å². The summed E-state index contributed by atoms with van der Waals surface area (Å²) in [4.78, 5) is 4.33. The maximum atomic E-state index is 5.38. The van der Waals surface area contributed by atoms with Gasteiger partial charge in [0.1, 0.15) is 0 Å². The number of hydrogen-bond acceptors (Lipinski definition) is 5. The van der Waals surface area contributed by atoms with Gasteiger partial charge in [0.25, 0.3) is 0 Å². The number of guanidine groups is 1. The quantitative estimate of drug-likeness (QED) is 0.228. The van der Waals surface area contributed by atoms with E-state index >= 15 is 0 Å². The van der Waals surface area contributed by atoms with Gasteiger partial charge in [-0.1, -0.05) is 6.07 Å². The zero-order valence-corrected chi connectivity index (χ0v) is 10.8. The Morgan fingerprint density at radius 2 is 2.26 bits per heavy atom. The number of benzene rings is 1. The summed E-state index contributed by atoms with van der Waals surface area (Å²) in [5, 5.41) is 3.03. The van der Waals surface area contributed by atoms with Gasteiger partial charge in [0.05, 0.1) is 13.2 Å². The van der Waals surface area contributed by atoms with Crippen molar-refractivity contribution in [3.63, 3.8) is 0 Å². The van der Waals surface area contributed by atoms with Gasteiger partial charge in [0.2, 0.25) is 12.8 Å². The van der Waals surface area contributed by atoms with Gasteiger partial charge in [0, 0.05) is 13.7 Å². The highest BCUT2D eigenvalue weighted by atomic mass is 16.7. The van der Waals surface area contributed by atoms with E-state index in [9.17, 15) is 0 Å². The zero-order valence-electron chi connectivity index (χ0n) is 10.8. The molecule has 0 atom stereocenters. The summed E-state index contributed by atoms with van der Waals surface area (Å²) in [7, 11) is 1.64. The second kappa shape index (κ2) is 6.81. The maximum absolute atomic E-state index is 5.38. The number of nitrogens with zero attached hydrogens (tertiary/aromatic N) is 1. The number of hydrogen-bond donors (Lipinski definition) is 3. The summed E-state index contributed by atoms with van der Waals surface area (Å²) in [6.45, 7) is 2.00. The van der Waals surface area contributed by atoms with E-state index in [1.165, 1.54) is 0 Å². The van der Waals surface area contributed by atoms with Crippen molar-refractivity contribution in [1.82, 2.24) is 10.7 Å². The van der Waals surface area contributed by atoms with Crippen LogP contribution in [-0.4, -0.2) is 33.0 Å². The van der Waals surface area contributed by atoms with Crippen molar-refractivity contribution < 1.29 is 14.2 Å². The molecule has 0 aromatic heterocycles. The van der Waals surface area contributed by atoms with E-state index in [4.69, 9.17) is 20.1 Å². The fraction of sp³-hybridized carbons (Fsp3) is 0.417. The van der Waals surface area contributed by atoms with Gasteiger partial charge in [0.15, 0.2) is 11.5 Å². The Morgan fingerprint density at radius 1 is 1.42 bits per heavy atom. The number of ether oxygens (including phenoxy) is 3. The smallest absolute Gasteiger partial charge is 0.231 e. The molecule has 19 heavy (non-hydrogen) atoms. The summed E-state index contributed by atoms with van der Waals surface area (Å²) in [5.74, 6) is 7.42. The molecule has 0 fully saturated rings. The van der Waals surface area contributed by atoms with Gasteiger partial charge < -0.3 is 19.5 Å². The first-order valence-electron chi connectivity index (χ1n) is 5.96. The monoisotopic (exact) mass is 266 g/mol. The molecule has 0 radical (unpaired) electrons. The number of aliphatic imine (C=N–C) groups is 1. The number of rotatable bonds is 5. The largest absolute Gasteiger partial charge is 0.454 e. The Morgan fingerprint density at radius 3 is 3.05 bits per heavy atom. The minimum Gasteiger partial charge on any atom is -0.454 e. The van der Waals surface area contributed by atoms with Crippen LogP contribution >= 0.6 is 0 Å². The third-order valence-corrected chi connectivity index (χ3v) is 2.59. The van der Waals surface area contributed by atoms with Gasteiger partial charge in [-0.2, -0.15) is 0 Å². The third kappa shape index (κ3) is 3.73. The van der Waals surface area contributed by atoms with E-state index in [-0.39, 0.29) is 6.79 Å². The lowest BCUT2D eigenvalue weighted by Crippen LogP contribution is -2.42. The molecular weight excluding hydrogens is 248 g/mol. The van der Waals surface area contributed by atoms with Crippen LogP contribution in [0, 0.1) is 0 Å². The van der Waals surface area contributed by atoms with Crippen LogP contribution in [0.3, 0.4) is 0 Å². The predicted octanol–water partition coefficient (Wildman–Crippen LogP) is -0.0294. The van der Waals surface area contributed by atoms with Crippen molar-refractivity contribution in [3.05, 3.63) is 23.8 Å². The van der Waals surface area contributed by atoms with Crippen LogP contribution in [-0.2, 0) is 11.3 Å². The van der Waals surface area contributed by atoms with E-state index in [0.29, 0.717) is 25.7 Å². The molecule has 0 bridgehead atoms. The molecule has 0 spiro atoms. The Bertz CT molecular complexity index is 451. The first-order valence-corrected chi connectivity index (χ1v) is 5.96. The normalized spacial score (nSPS) is 13.5. The zero-order chi connectivity index (χ0) is 13.5. The topological polar surface area (TPSA) is 90.1 Å². The SMILES string of the molecule is COCCNC(=NCc1ccc2c(c1)OCO2)NN. The fourth-order valence-electron chi connectivity index (χ4n) is 1.63. The summed E-state index contributed by atoms with van der Waals surface area (Å²) < 4.78 is 15.5. The number of nitrogens with two attached hydrogens (primary N) is 1. The lowest BCUT2D eigenvalue weighted by Gasteiger charge is -2.08. The van der Waals surface area contributed by atoms with Crippen LogP contribution in [0.2, 0.25) is 0 Å². The van der Waals surface area contributed by atoms with E-state index < -0.39 is 0 Å². The third-order valence-electron chi connectivity index (χ3n) is 2.59. The highest BCUT2D eigenvalue weighted by molar-refractivity contribution is 5.79. The predicted molar refractivity (Wildman–Crippen MR) is 70.9 cm³/mol. The lowest BCUT2D eigenvalue weighted by atomic mass is 10.2. The summed E-state index contributed by atoms with van der Waals surface area (Å²) in [5.41, 5.74) is 3.53. The van der Waals surface area contributed by atoms with Crippen LogP contribution in [0.5, 0.6) is 11.5 Å². The standard InChI is InChI=1S/C12H18N4O3/c1-17-5-4-14-12(16-13)15-7-9-2-3-10-11(6-9)19-8-18-10/h2-3,6H,4-5,7-8,13H2,1H3,(H2,14,15,16). The van der Waals surface area contributed by atoms with Crippen molar-refractivity contribution in [2.75, 3.05) is 27.1 Å². The van der Waals surface area contributed by atoms with Gasteiger partial charge in [-0.15, -0.1) is 0 Å². The molecule has 0 amide bonds. The molecule has 1 aliphatic rings. The molecular formula is C12H18N4O3. The second-order valence-electron chi connectivity index (χ2n) is 3.92. The molecule has 0 aliphatic carbocycles. The Labute approximate surface area is 111 Å². The highest BCUT2D eigenvalue weighted by Crippen LogP contribution is 2.32. The second-order valence-corrected chi connectivity index (χ2v) is 3.92. The molecule has 1 aromatic rings. The van der Waals surface area contributed by atoms with Crippen molar-refractivity contribution >= 4 is 5.96 Å². The van der Waals surface area contributed by atoms with Gasteiger partial charge >= 0.3 is 0 Å². The Kier molecular flexibility index (Phi) is 4.82. The Hall–Kier alpha value is -1.99. The van der Waals surface area contributed by atoms with Gasteiger partial charge in [-0.25, -0.2) is 10.8 Å². The number of nitrogens with one attached hydrogen (secondary N) is 2. The minimum atomic E-state index is 0.274. The molecule has 0 saturated carbocycles. The van der Waals surface area contributed by atoms with Crippen LogP contribution < -0.4 is 26.1 Å². The molecule has 0 saturated heterocycles. The average Bonchev–Trinajstić information content (AvgIpc) is 2.90. The summed E-state index contributed by atoms with van der Waals surface area (Å²) in [6.07, 6.45) is 0. The summed E-state index contributed by atoms with van der Waals surface area (Å²) in [6, 6.07) is 5.73. The molecule has 0 unspecified atom stereocenters. The van der Waals surface area contributed by atoms with E-state index in [0.717, 1.165) is 17.1 Å². The highest BCUT2D eigenvalue weighted by Gasteiger charge is 2.12. The minimum absolute atomic E-state index is 0.274. The van der Waals surface area contributed by atoms with E-state index in [1.54, 1.807) is 7.11 Å². The lowest BCUT2D eigenvalue weighted by molar-refractivity contribution is 0.174. The summed E-state index contributed by atoms with van der Waals surface area (Å²) >= 11 is 0. The van der Waals surface area contributed by atoms with Crippen molar-refractivity contribution in [2.24, 2.45) is 10.8 Å². The van der Waals surface area contributed by atoms with Gasteiger partial charge in [-0.3, -0.25) is 5.43 Å². The van der Waals surface area contributed by atoms with Gasteiger partial charge in [-0.05, 0) is 17.7 Å². The number of methoxy groups -OCH3 is 1. The molecule has 1 aromatic carbocycles. The van der Waals surface area contributed by atoms with Crippen LogP contribution in [0.25, 0.3) is 0 Å². The van der Waals surface area contributed by atoms with Crippen LogP contribution in [0.4, 0.5) is 0 Å². The van der Waals surface area contributed by atoms with Crippen LogP contribution in [0.1, 0.15) is 5.56 Å². The van der Waals surface area contributed by atoms with Crippen molar-refractivity contribution in [1.29, 1.82) is 0 Å². The van der Waals surface area contributed by atoms with Crippen molar-refractivity contribution in [3.8, 4) is 11.5 Å². The number of fused-ring (bicyclic) bond motifs is 1. The molecule has 7 heteroatoms.